The van der Waals surface area contributed by atoms with Crippen LogP contribution < -0.4 is 5.73 Å². The minimum atomic E-state index is -0.392. The summed E-state index contributed by atoms with van der Waals surface area (Å²) in [5.41, 5.74) is 8.61. The smallest absolute Gasteiger partial charge is 0.261 e. The average Bonchev–Trinajstić information content (AvgIpc) is 3.37. The molecule has 0 amide bonds. The molecule has 1 aliphatic rings. The number of pyridine rings is 1. The summed E-state index contributed by atoms with van der Waals surface area (Å²) in [7, 11) is 1.66. The van der Waals surface area contributed by atoms with Gasteiger partial charge < -0.3 is 15.0 Å². The highest BCUT2D eigenvalue weighted by Gasteiger charge is 2.47. The first-order chi connectivity index (χ1) is 15.6. The van der Waals surface area contributed by atoms with E-state index in [9.17, 15) is 0 Å². The molecule has 0 bridgehead atoms. The molecule has 2 N–H and O–H groups in total. The molecule has 1 unspecified atom stereocenters. The van der Waals surface area contributed by atoms with Gasteiger partial charge in [0.2, 0.25) is 5.95 Å². The first kappa shape index (κ1) is 20.3. The molecule has 10 nitrogen and oxygen atoms in total. The van der Waals surface area contributed by atoms with Gasteiger partial charge in [-0.2, -0.15) is 10.1 Å². The van der Waals surface area contributed by atoms with Gasteiger partial charge in [-0.1, -0.05) is 11.2 Å². The number of nitrogen functional groups attached to an aromatic ring is 1. The van der Waals surface area contributed by atoms with Crippen LogP contribution in [0.2, 0.25) is 0 Å². The van der Waals surface area contributed by atoms with Crippen molar-refractivity contribution in [1.29, 1.82) is 0 Å². The van der Waals surface area contributed by atoms with Gasteiger partial charge in [0.1, 0.15) is 0 Å². The Morgan fingerprint density at radius 2 is 1.94 bits per heavy atom. The second-order valence-electron chi connectivity index (χ2n) is 8.15. The third-order valence-corrected chi connectivity index (χ3v) is 6.02. The van der Waals surface area contributed by atoms with Crippen LogP contribution in [0.3, 0.4) is 0 Å². The SMILES string of the molecule is COCCn1cc(-c2nc(C(C)(c3ccc(-c4cnc(N)nc4)nc3)C3CC3)no2)cn1. The van der Waals surface area contributed by atoms with Gasteiger partial charge in [0.25, 0.3) is 5.89 Å². The molecule has 1 atom stereocenters. The summed E-state index contributed by atoms with van der Waals surface area (Å²) in [5.74, 6) is 1.79. The number of nitrogens with zero attached hydrogens (tertiary/aromatic N) is 7. The molecular weight excluding hydrogens is 408 g/mol. The van der Waals surface area contributed by atoms with Crippen LogP contribution >= 0.6 is 0 Å². The molecular formula is C22H24N8O2. The summed E-state index contributed by atoms with van der Waals surface area (Å²) in [6, 6.07) is 4.03. The van der Waals surface area contributed by atoms with Gasteiger partial charge in [0.15, 0.2) is 5.82 Å². The second kappa shape index (κ2) is 8.12. The molecule has 1 aliphatic carbocycles. The molecule has 0 aromatic carbocycles. The zero-order valence-electron chi connectivity index (χ0n) is 18.0. The molecule has 4 aromatic rings. The normalized spacial score (nSPS) is 15.6. The Bertz CT molecular complexity index is 1200. The Hall–Kier alpha value is -3.66. The standard InChI is InChI=1S/C22H24N8O2/c1-22(16-3-4-16,17-5-6-18(24-12-17)14-9-25-21(23)26-10-14)20-28-19(32-29-20)15-11-27-30(13-15)7-8-31-2/h5-6,9-13,16H,3-4,7-8H2,1-2H3,(H2,23,25,26). The molecule has 4 aromatic heterocycles. The number of hydrogen-bond acceptors (Lipinski definition) is 9. The molecule has 164 valence electrons. The monoisotopic (exact) mass is 432 g/mol. The van der Waals surface area contributed by atoms with E-state index >= 15 is 0 Å². The van der Waals surface area contributed by atoms with Crippen LogP contribution in [0.25, 0.3) is 22.7 Å². The maximum absolute atomic E-state index is 5.62. The van der Waals surface area contributed by atoms with Crippen LogP contribution in [0.1, 0.15) is 31.2 Å². The van der Waals surface area contributed by atoms with E-state index in [1.165, 1.54) is 0 Å². The molecule has 5 rings (SSSR count). The van der Waals surface area contributed by atoms with Crippen molar-refractivity contribution in [2.24, 2.45) is 5.92 Å². The average molecular weight is 432 g/mol. The van der Waals surface area contributed by atoms with Crippen molar-refractivity contribution in [2.45, 2.75) is 31.7 Å². The van der Waals surface area contributed by atoms with E-state index in [1.54, 1.807) is 30.4 Å². The number of hydrogen-bond donors (Lipinski definition) is 1. The second-order valence-corrected chi connectivity index (χ2v) is 8.15. The molecule has 1 fully saturated rings. The lowest BCUT2D eigenvalue weighted by Crippen LogP contribution is -2.28. The Morgan fingerprint density at radius 1 is 1.12 bits per heavy atom. The first-order valence-electron chi connectivity index (χ1n) is 10.5. The van der Waals surface area contributed by atoms with E-state index in [2.05, 4.69) is 38.2 Å². The fourth-order valence-electron chi connectivity index (χ4n) is 3.88. The Balaban J connectivity index is 1.43. The summed E-state index contributed by atoms with van der Waals surface area (Å²) in [6.07, 6.45) is 11.1. The highest BCUT2D eigenvalue weighted by Crippen LogP contribution is 2.50. The van der Waals surface area contributed by atoms with Gasteiger partial charge in [-0.05, 0) is 37.3 Å². The lowest BCUT2D eigenvalue weighted by Gasteiger charge is -2.26. The molecule has 4 heterocycles. The van der Waals surface area contributed by atoms with Gasteiger partial charge >= 0.3 is 0 Å². The molecule has 32 heavy (non-hydrogen) atoms. The lowest BCUT2D eigenvalue weighted by molar-refractivity contribution is 0.183. The molecule has 0 radical (unpaired) electrons. The van der Waals surface area contributed by atoms with Crippen LogP contribution in [0.5, 0.6) is 0 Å². The quantitative estimate of drug-likeness (QED) is 0.446. The number of anilines is 1. The zero-order valence-corrected chi connectivity index (χ0v) is 18.0. The van der Waals surface area contributed by atoms with Crippen molar-refractivity contribution >= 4 is 5.95 Å². The van der Waals surface area contributed by atoms with Gasteiger partial charge in [-0.3, -0.25) is 9.67 Å². The Morgan fingerprint density at radius 3 is 2.62 bits per heavy atom. The van der Waals surface area contributed by atoms with E-state index in [4.69, 9.17) is 20.0 Å². The van der Waals surface area contributed by atoms with Crippen molar-refractivity contribution in [2.75, 3.05) is 19.5 Å². The predicted molar refractivity (Wildman–Crippen MR) is 116 cm³/mol. The van der Waals surface area contributed by atoms with Crippen molar-refractivity contribution in [3.63, 3.8) is 0 Å². The lowest BCUT2D eigenvalue weighted by atomic mass is 9.77. The summed E-state index contributed by atoms with van der Waals surface area (Å²) in [4.78, 5) is 17.5. The maximum Gasteiger partial charge on any atom is 0.261 e. The number of rotatable bonds is 8. The zero-order chi connectivity index (χ0) is 22.1. The minimum absolute atomic E-state index is 0.240. The van der Waals surface area contributed by atoms with E-state index in [0.29, 0.717) is 30.8 Å². The number of aromatic nitrogens is 7. The Labute approximate surface area is 184 Å². The maximum atomic E-state index is 5.62. The Kier molecular flexibility index (Phi) is 5.14. The van der Waals surface area contributed by atoms with E-state index < -0.39 is 5.41 Å². The molecule has 0 saturated heterocycles. The van der Waals surface area contributed by atoms with Crippen molar-refractivity contribution in [3.05, 3.63) is 54.5 Å². The van der Waals surface area contributed by atoms with E-state index in [0.717, 1.165) is 35.2 Å². The van der Waals surface area contributed by atoms with Gasteiger partial charge in [0.05, 0.1) is 36.0 Å². The fourth-order valence-corrected chi connectivity index (χ4v) is 3.88. The topological polar surface area (TPSA) is 131 Å². The van der Waals surface area contributed by atoms with Gasteiger partial charge in [-0.15, -0.1) is 0 Å². The largest absolute Gasteiger partial charge is 0.383 e. The molecule has 10 heteroatoms. The number of nitrogens with two attached hydrogens (primary N) is 1. The van der Waals surface area contributed by atoms with Crippen LogP contribution in [0, 0.1) is 5.92 Å². The minimum Gasteiger partial charge on any atom is -0.383 e. The highest BCUT2D eigenvalue weighted by molar-refractivity contribution is 5.58. The highest BCUT2D eigenvalue weighted by atomic mass is 16.5. The van der Waals surface area contributed by atoms with E-state index in [1.807, 2.05) is 18.5 Å². The van der Waals surface area contributed by atoms with Crippen molar-refractivity contribution in [3.8, 4) is 22.7 Å². The summed E-state index contributed by atoms with van der Waals surface area (Å²) in [5, 5.41) is 8.69. The van der Waals surface area contributed by atoms with Crippen LogP contribution in [0.4, 0.5) is 5.95 Å². The first-order valence-corrected chi connectivity index (χ1v) is 10.5. The predicted octanol–water partition coefficient (Wildman–Crippen LogP) is 2.73. The summed E-state index contributed by atoms with van der Waals surface area (Å²) in [6.45, 7) is 3.40. The van der Waals surface area contributed by atoms with Crippen LogP contribution in [-0.4, -0.2) is 48.6 Å². The van der Waals surface area contributed by atoms with Crippen LogP contribution in [-0.2, 0) is 16.7 Å². The van der Waals surface area contributed by atoms with Crippen molar-refractivity contribution < 1.29 is 9.26 Å². The number of ether oxygens (including phenoxy) is 1. The molecule has 1 saturated carbocycles. The fraction of sp³-hybridized carbons (Fsp3) is 0.364. The summed E-state index contributed by atoms with van der Waals surface area (Å²) < 4.78 is 12.5. The van der Waals surface area contributed by atoms with Gasteiger partial charge in [0, 0.05) is 37.5 Å². The van der Waals surface area contributed by atoms with Gasteiger partial charge in [-0.25, -0.2) is 9.97 Å². The summed E-state index contributed by atoms with van der Waals surface area (Å²) >= 11 is 0. The molecule has 0 spiro atoms. The third-order valence-electron chi connectivity index (χ3n) is 6.02. The van der Waals surface area contributed by atoms with Crippen molar-refractivity contribution in [1.82, 2.24) is 34.9 Å². The van der Waals surface area contributed by atoms with E-state index in [-0.39, 0.29) is 5.95 Å². The molecule has 0 aliphatic heterocycles. The number of methoxy groups -OCH3 is 1. The van der Waals surface area contributed by atoms with Crippen LogP contribution in [0.15, 0.2) is 47.6 Å². The third kappa shape index (κ3) is 3.73.